The molecule has 0 unspecified atom stereocenters. The summed E-state index contributed by atoms with van der Waals surface area (Å²) in [6.45, 7) is 6.58. The predicted octanol–water partition coefficient (Wildman–Crippen LogP) is 19.8. The number of ether oxygens (including phenoxy) is 3. The van der Waals surface area contributed by atoms with Gasteiger partial charge in [0, 0.05) is 19.3 Å². The molecule has 0 radical (unpaired) electrons. The molecule has 0 aromatic heterocycles. The van der Waals surface area contributed by atoms with Crippen LogP contribution in [-0.4, -0.2) is 37.2 Å². The lowest BCUT2D eigenvalue weighted by atomic mass is 10.1. The van der Waals surface area contributed by atoms with Crippen molar-refractivity contribution in [3.63, 3.8) is 0 Å². The normalized spacial score (nSPS) is 12.6. The molecular weight excluding hydrogens is 853 g/mol. The third kappa shape index (κ3) is 55.6. The van der Waals surface area contributed by atoms with Gasteiger partial charge in [-0.15, -0.1) is 0 Å². The molecule has 0 spiro atoms. The molecule has 0 aliphatic heterocycles. The first kappa shape index (κ1) is 65.8. The Balaban J connectivity index is 4.42. The molecule has 0 amide bonds. The molecule has 0 fully saturated rings. The highest BCUT2D eigenvalue weighted by Crippen LogP contribution is 2.15. The van der Waals surface area contributed by atoms with Gasteiger partial charge >= 0.3 is 17.9 Å². The Hall–Kier alpha value is -3.15. The molecule has 0 N–H and O–H groups in total. The summed E-state index contributed by atoms with van der Waals surface area (Å²) >= 11 is 0. The third-order valence-corrected chi connectivity index (χ3v) is 12.7. The van der Waals surface area contributed by atoms with Crippen LogP contribution in [0.4, 0.5) is 0 Å². The van der Waals surface area contributed by atoms with Gasteiger partial charge in [0.05, 0.1) is 0 Å². The van der Waals surface area contributed by atoms with Gasteiger partial charge in [-0.3, -0.25) is 14.4 Å². The highest BCUT2D eigenvalue weighted by molar-refractivity contribution is 5.71. The van der Waals surface area contributed by atoms with Gasteiger partial charge in [-0.1, -0.05) is 229 Å². The number of carbonyl (C=O) groups excluding carboxylic acids is 3. The second-order valence-corrected chi connectivity index (χ2v) is 19.5. The first-order valence-electron chi connectivity index (χ1n) is 29.4. The highest BCUT2D eigenvalue weighted by Gasteiger charge is 2.19. The van der Waals surface area contributed by atoms with Crippen molar-refractivity contribution < 1.29 is 28.6 Å². The molecule has 0 rings (SSSR count). The number of hydrogen-bond acceptors (Lipinski definition) is 6. The minimum atomic E-state index is -0.789. The van der Waals surface area contributed by atoms with E-state index in [1.165, 1.54) is 154 Å². The lowest BCUT2D eigenvalue weighted by molar-refractivity contribution is -0.167. The number of allylic oxidation sites excluding steroid dienone is 12. The van der Waals surface area contributed by atoms with Crippen molar-refractivity contribution in [3.8, 4) is 0 Å². The summed E-state index contributed by atoms with van der Waals surface area (Å²) in [5, 5.41) is 0. The van der Waals surface area contributed by atoms with Gasteiger partial charge in [0.2, 0.25) is 0 Å². The summed E-state index contributed by atoms with van der Waals surface area (Å²) in [4.78, 5) is 38.2. The Morgan fingerprint density at radius 1 is 0.290 bits per heavy atom. The summed E-state index contributed by atoms with van der Waals surface area (Å²) < 4.78 is 16.9. The van der Waals surface area contributed by atoms with Gasteiger partial charge in [0.15, 0.2) is 6.10 Å². The van der Waals surface area contributed by atoms with E-state index in [0.717, 1.165) is 96.3 Å². The Morgan fingerprint density at radius 2 is 0.522 bits per heavy atom. The van der Waals surface area contributed by atoms with E-state index in [2.05, 4.69) is 93.7 Å². The molecule has 6 heteroatoms. The molecule has 0 aliphatic rings. The van der Waals surface area contributed by atoms with Crippen LogP contribution in [0.2, 0.25) is 0 Å². The smallest absolute Gasteiger partial charge is 0.306 e. The van der Waals surface area contributed by atoms with Crippen molar-refractivity contribution in [2.24, 2.45) is 0 Å². The fourth-order valence-electron chi connectivity index (χ4n) is 8.18. The van der Waals surface area contributed by atoms with E-state index < -0.39 is 6.10 Å². The van der Waals surface area contributed by atoms with Crippen molar-refractivity contribution in [3.05, 3.63) is 72.9 Å². The fourth-order valence-corrected chi connectivity index (χ4v) is 8.18. The van der Waals surface area contributed by atoms with E-state index in [4.69, 9.17) is 14.2 Å². The maximum atomic E-state index is 12.9. The topological polar surface area (TPSA) is 78.9 Å². The summed E-state index contributed by atoms with van der Waals surface area (Å²) in [5.41, 5.74) is 0. The maximum absolute atomic E-state index is 12.9. The molecule has 0 bridgehead atoms. The zero-order valence-corrected chi connectivity index (χ0v) is 45.6. The van der Waals surface area contributed by atoms with Crippen molar-refractivity contribution in [2.75, 3.05) is 13.2 Å². The number of hydrogen-bond donors (Lipinski definition) is 0. The van der Waals surface area contributed by atoms with Crippen LogP contribution in [0.3, 0.4) is 0 Å². The van der Waals surface area contributed by atoms with Crippen LogP contribution in [0, 0.1) is 0 Å². The van der Waals surface area contributed by atoms with Crippen LogP contribution >= 0.6 is 0 Å². The third-order valence-electron chi connectivity index (χ3n) is 12.7. The first-order chi connectivity index (χ1) is 34.0. The molecule has 0 aromatic rings. The minimum Gasteiger partial charge on any atom is -0.462 e. The van der Waals surface area contributed by atoms with E-state index in [1.807, 2.05) is 0 Å². The van der Waals surface area contributed by atoms with Gasteiger partial charge < -0.3 is 14.2 Å². The van der Waals surface area contributed by atoms with Crippen LogP contribution in [0.1, 0.15) is 290 Å². The van der Waals surface area contributed by atoms with E-state index >= 15 is 0 Å². The SMILES string of the molecule is CCCCC/C=C\C/C=C\C/C=C\CCCCCCCCC(=O)OC[C@@H](COC(=O)CCCCCCC/C=C\CCCCCCCC)OC(=O)CCCCCCCCC/C=C\C/C=C\CCCCC. The zero-order valence-electron chi connectivity index (χ0n) is 45.6. The van der Waals surface area contributed by atoms with Crippen LogP contribution in [-0.2, 0) is 28.6 Å². The van der Waals surface area contributed by atoms with Gasteiger partial charge in [0.1, 0.15) is 13.2 Å². The fraction of sp³-hybridized carbons (Fsp3) is 0.762. The Bertz CT molecular complexity index is 1290. The molecular formula is C63H110O6. The minimum absolute atomic E-state index is 0.0867. The van der Waals surface area contributed by atoms with Crippen LogP contribution in [0.25, 0.3) is 0 Å². The average molecular weight is 964 g/mol. The molecule has 398 valence electrons. The van der Waals surface area contributed by atoms with Crippen molar-refractivity contribution in [1.29, 1.82) is 0 Å². The number of esters is 3. The van der Waals surface area contributed by atoms with E-state index in [9.17, 15) is 14.4 Å². The Kier molecular flexibility index (Phi) is 54.8. The Labute approximate surface area is 427 Å². The number of unbranched alkanes of at least 4 members (excludes halogenated alkanes) is 30. The van der Waals surface area contributed by atoms with Crippen LogP contribution in [0.15, 0.2) is 72.9 Å². The molecule has 0 aliphatic carbocycles. The molecule has 0 saturated carbocycles. The summed E-state index contributed by atoms with van der Waals surface area (Å²) in [7, 11) is 0. The second-order valence-electron chi connectivity index (χ2n) is 19.5. The highest BCUT2D eigenvalue weighted by atomic mass is 16.6. The lowest BCUT2D eigenvalue weighted by Gasteiger charge is -2.18. The summed E-state index contributed by atoms with van der Waals surface area (Å²) in [6.07, 6.45) is 73.1. The monoisotopic (exact) mass is 963 g/mol. The first-order valence-corrected chi connectivity index (χ1v) is 29.4. The molecule has 0 saturated heterocycles. The number of carbonyl (C=O) groups is 3. The van der Waals surface area contributed by atoms with Gasteiger partial charge in [-0.05, 0) is 116 Å². The van der Waals surface area contributed by atoms with Crippen LogP contribution < -0.4 is 0 Å². The largest absolute Gasteiger partial charge is 0.462 e. The molecule has 0 heterocycles. The van der Waals surface area contributed by atoms with E-state index in [-0.39, 0.29) is 31.1 Å². The lowest BCUT2D eigenvalue weighted by Crippen LogP contribution is -2.30. The summed E-state index contributed by atoms with van der Waals surface area (Å²) in [6, 6.07) is 0. The maximum Gasteiger partial charge on any atom is 0.306 e. The summed E-state index contributed by atoms with van der Waals surface area (Å²) in [5.74, 6) is -0.906. The second kappa shape index (κ2) is 57.4. The quantitative estimate of drug-likeness (QED) is 0.0262. The van der Waals surface area contributed by atoms with Gasteiger partial charge in [-0.25, -0.2) is 0 Å². The number of rotatable bonds is 53. The van der Waals surface area contributed by atoms with E-state index in [0.29, 0.717) is 19.3 Å². The molecule has 0 aromatic carbocycles. The van der Waals surface area contributed by atoms with Crippen molar-refractivity contribution >= 4 is 17.9 Å². The molecule has 69 heavy (non-hydrogen) atoms. The van der Waals surface area contributed by atoms with E-state index in [1.54, 1.807) is 0 Å². The van der Waals surface area contributed by atoms with Gasteiger partial charge in [-0.2, -0.15) is 0 Å². The average Bonchev–Trinajstić information content (AvgIpc) is 3.35. The Morgan fingerprint density at radius 3 is 0.855 bits per heavy atom. The molecule has 6 nitrogen and oxygen atoms in total. The standard InChI is InChI=1S/C63H110O6/c1-4-7-10-13-16-19-22-25-28-30-31-33-35-38-41-44-47-50-53-56-62(65)68-59-60(58-67-61(64)55-52-49-46-43-40-37-34-27-24-21-18-15-12-9-6-3)69-63(66)57-54-51-48-45-42-39-36-32-29-26-23-20-17-14-11-8-5-2/h16-17,19-20,25-29,31,33-34,60H,4-15,18,21-24,30,32,35-59H2,1-3H3/b19-16-,20-17-,28-25-,29-26-,33-31-,34-27-/t60-/m1/s1. The van der Waals surface area contributed by atoms with Gasteiger partial charge in [0.25, 0.3) is 0 Å². The predicted molar refractivity (Wildman–Crippen MR) is 298 cm³/mol. The zero-order chi connectivity index (χ0) is 50.0. The van der Waals surface area contributed by atoms with Crippen molar-refractivity contribution in [1.82, 2.24) is 0 Å². The molecule has 1 atom stereocenters. The van der Waals surface area contributed by atoms with Crippen LogP contribution in [0.5, 0.6) is 0 Å². The van der Waals surface area contributed by atoms with Crippen molar-refractivity contribution in [2.45, 2.75) is 297 Å².